The number of aromatic nitrogens is 5. The fraction of sp³-hybridized carbons (Fsp3) is 0.242. The van der Waals surface area contributed by atoms with Crippen LogP contribution in [0.25, 0.3) is 34.2 Å². The van der Waals surface area contributed by atoms with Gasteiger partial charge in [-0.1, -0.05) is 6.07 Å². The van der Waals surface area contributed by atoms with E-state index in [-0.39, 0.29) is 11.1 Å². The standard InChI is InChI=1S/C33H29N5O4/c39-32(40)20-12-16-22(17-13-20)37-28-10-3-1-6-24(28)30(35-37)26-8-5-9-27(34-26)31-25-7-2-4-11-29(25)38(36-31)23-18-14-21(15-19-23)33(41)42/h5,8-9,12-19H,1-4,6-7,10-11H2,(H,39,40)(H,41,42). The van der Waals surface area contributed by atoms with Crippen molar-refractivity contribution in [2.24, 2.45) is 0 Å². The Bertz CT molecular complexity index is 1700. The van der Waals surface area contributed by atoms with Crippen LogP contribution in [0.5, 0.6) is 0 Å². The highest BCUT2D eigenvalue weighted by molar-refractivity contribution is 5.88. The minimum atomic E-state index is -0.951. The molecule has 0 bridgehead atoms. The van der Waals surface area contributed by atoms with Gasteiger partial charge >= 0.3 is 11.9 Å². The lowest BCUT2D eigenvalue weighted by molar-refractivity contribution is 0.0686. The highest BCUT2D eigenvalue weighted by Gasteiger charge is 2.26. The van der Waals surface area contributed by atoms with Crippen LogP contribution in [0.3, 0.4) is 0 Å². The lowest BCUT2D eigenvalue weighted by Gasteiger charge is -2.15. The van der Waals surface area contributed by atoms with Crippen LogP contribution in [0.1, 0.15) is 68.9 Å². The van der Waals surface area contributed by atoms with Crippen molar-refractivity contribution in [3.8, 4) is 34.2 Å². The Morgan fingerprint density at radius 1 is 0.571 bits per heavy atom. The van der Waals surface area contributed by atoms with E-state index in [1.54, 1.807) is 48.5 Å². The van der Waals surface area contributed by atoms with Gasteiger partial charge in [0.15, 0.2) is 0 Å². The molecule has 3 aromatic heterocycles. The summed E-state index contributed by atoms with van der Waals surface area (Å²) >= 11 is 0. The van der Waals surface area contributed by atoms with E-state index in [1.165, 1.54) is 11.1 Å². The molecule has 2 N–H and O–H groups in total. The largest absolute Gasteiger partial charge is 0.478 e. The first kappa shape index (κ1) is 25.9. The minimum Gasteiger partial charge on any atom is -0.478 e. The van der Waals surface area contributed by atoms with Gasteiger partial charge < -0.3 is 10.2 Å². The normalized spacial score (nSPS) is 14.3. The highest BCUT2D eigenvalue weighted by atomic mass is 16.4. The molecular formula is C33H29N5O4. The number of pyridine rings is 1. The third-order valence-electron chi connectivity index (χ3n) is 8.31. The molecule has 0 saturated heterocycles. The summed E-state index contributed by atoms with van der Waals surface area (Å²) in [6.07, 6.45) is 7.97. The van der Waals surface area contributed by atoms with E-state index in [1.807, 2.05) is 27.6 Å². The summed E-state index contributed by atoms with van der Waals surface area (Å²) in [6.45, 7) is 0. The van der Waals surface area contributed by atoms with Crippen molar-refractivity contribution in [3.63, 3.8) is 0 Å². The van der Waals surface area contributed by atoms with Gasteiger partial charge in [-0.25, -0.2) is 23.9 Å². The van der Waals surface area contributed by atoms with E-state index < -0.39 is 11.9 Å². The number of fused-ring (bicyclic) bond motifs is 2. The average molecular weight is 560 g/mol. The molecule has 0 spiro atoms. The molecular weight excluding hydrogens is 530 g/mol. The van der Waals surface area contributed by atoms with Crippen LogP contribution in [0.15, 0.2) is 66.7 Å². The lowest BCUT2D eigenvalue weighted by Crippen LogP contribution is -2.08. The Morgan fingerprint density at radius 2 is 0.976 bits per heavy atom. The molecule has 42 heavy (non-hydrogen) atoms. The van der Waals surface area contributed by atoms with Gasteiger partial charge in [-0.05, 0) is 112 Å². The van der Waals surface area contributed by atoms with Crippen molar-refractivity contribution in [1.29, 1.82) is 0 Å². The summed E-state index contributed by atoms with van der Waals surface area (Å²) in [4.78, 5) is 27.9. The van der Waals surface area contributed by atoms with Crippen LogP contribution in [0.2, 0.25) is 0 Å². The third kappa shape index (κ3) is 4.47. The molecule has 2 aliphatic rings. The van der Waals surface area contributed by atoms with Gasteiger partial charge in [-0.15, -0.1) is 0 Å². The summed E-state index contributed by atoms with van der Waals surface area (Å²) in [5.74, 6) is -1.90. The maximum absolute atomic E-state index is 11.4. The number of rotatable bonds is 6. The Morgan fingerprint density at radius 3 is 1.38 bits per heavy atom. The summed E-state index contributed by atoms with van der Waals surface area (Å²) in [7, 11) is 0. The molecule has 0 atom stereocenters. The Hall–Kier alpha value is -5.05. The highest BCUT2D eigenvalue weighted by Crippen LogP contribution is 2.35. The van der Waals surface area contributed by atoms with Gasteiger partial charge in [0.2, 0.25) is 0 Å². The molecule has 3 heterocycles. The van der Waals surface area contributed by atoms with Crippen LogP contribution in [0, 0.1) is 0 Å². The topological polar surface area (TPSA) is 123 Å². The number of nitrogens with zero attached hydrogens (tertiary/aromatic N) is 5. The summed E-state index contributed by atoms with van der Waals surface area (Å²) in [5, 5.41) is 28.7. The fourth-order valence-corrected chi connectivity index (χ4v) is 6.23. The first-order chi connectivity index (χ1) is 20.5. The van der Waals surface area contributed by atoms with Crippen LogP contribution >= 0.6 is 0 Å². The smallest absolute Gasteiger partial charge is 0.335 e. The number of carbonyl (C=O) groups is 2. The molecule has 0 saturated carbocycles. The van der Waals surface area contributed by atoms with Crippen molar-refractivity contribution in [2.75, 3.05) is 0 Å². The first-order valence-electron chi connectivity index (χ1n) is 14.3. The molecule has 0 aliphatic heterocycles. The molecule has 2 aromatic carbocycles. The lowest BCUT2D eigenvalue weighted by atomic mass is 9.93. The van der Waals surface area contributed by atoms with Crippen LogP contribution in [-0.4, -0.2) is 46.7 Å². The van der Waals surface area contributed by atoms with Gasteiger partial charge in [0.1, 0.15) is 11.4 Å². The molecule has 2 aliphatic carbocycles. The molecule has 0 amide bonds. The van der Waals surface area contributed by atoms with Crippen LogP contribution in [0.4, 0.5) is 0 Å². The van der Waals surface area contributed by atoms with Gasteiger partial charge in [0.05, 0.1) is 33.9 Å². The first-order valence-corrected chi connectivity index (χ1v) is 14.3. The second-order valence-electron chi connectivity index (χ2n) is 10.9. The number of hydrogen-bond donors (Lipinski definition) is 2. The molecule has 5 aromatic rings. The predicted octanol–water partition coefficient (Wildman–Crippen LogP) is 5.94. The number of carboxylic acid groups (broad SMARTS) is 2. The second kappa shape index (κ2) is 10.4. The Balaban J connectivity index is 1.31. The van der Waals surface area contributed by atoms with Crippen LogP contribution in [-0.2, 0) is 25.7 Å². The van der Waals surface area contributed by atoms with Crippen LogP contribution < -0.4 is 0 Å². The van der Waals surface area contributed by atoms with E-state index in [2.05, 4.69) is 0 Å². The van der Waals surface area contributed by atoms with E-state index in [4.69, 9.17) is 15.2 Å². The Kier molecular flexibility index (Phi) is 6.42. The summed E-state index contributed by atoms with van der Waals surface area (Å²) in [5.41, 5.74) is 10.1. The van der Waals surface area contributed by atoms with Crippen molar-refractivity contribution in [3.05, 3.63) is 100 Å². The van der Waals surface area contributed by atoms with E-state index >= 15 is 0 Å². The van der Waals surface area contributed by atoms with Crippen molar-refractivity contribution < 1.29 is 19.8 Å². The summed E-state index contributed by atoms with van der Waals surface area (Å²) in [6, 6.07) is 19.7. The van der Waals surface area contributed by atoms with Gasteiger partial charge in [-0.2, -0.15) is 10.2 Å². The summed E-state index contributed by atoms with van der Waals surface area (Å²) < 4.78 is 3.89. The van der Waals surface area contributed by atoms with E-state index in [9.17, 15) is 19.8 Å². The zero-order valence-electron chi connectivity index (χ0n) is 23.0. The predicted molar refractivity (Wildman–Crippen MR) is 157 cm³/mol. The molecule has 9 nitrogen and oxygen atoms in total. The quantitative estimate of drug-likeness (QED) is 0.264. The number of benzene rings is 2. The molecule has 0 fully saturated rings. The van der Waals surface area contributed by atoms with E-state index in [0.29, 0.717) is 0 Å². The van der Waals surface area contributed by atoms with Gasteiger partial charge in [0, 0.05) is 22.5 Å². The molecule has 9 heteroatoms. The Labute approximate surface area is 242 Å². The second-order valence-corrected chi connectivity index (χ2v) is 10.9. The minimum absolute atomic E-state index is 0.245. The average Bonchev–Trinajstić information content (AvgIpc) is 3.61. The number of carboxylic acids is 2. The molecule has 7 rings (SSSR count). The van der Waals surface area contributed by atoms with Crippen molar-refractivity contribution >= 4 is 11.9 Å². The molecule has 0 radical (unpaired) electrons. The maximum Gasteiger partial charge on any atom is 0.335 e. The number of aromatic carboxylic acids is 2. The van der Waals surface area contributed by atoms with Gasteiger partial charge in [-0.3, -0.25) is 0 Å². The van der Waals surface area contributed by atoms with Crippen molar-refractivity contribution in [1.82, 2.24) is 24.5 Å². The number of hydrogen-bond acceptors (Lipinski definition) is 5. The van der Waals surface area contributed by atoms with E-state index in [0.717, 1.165) is 96.9 Å². The van der Waals surface area contributed by atoms with Gasteiger partial charge in [0.25, 0.3) is 0 Å². The molecule has 210 valence electrons. The SMILES string of the molecule is O=C(O)c1ccc(-n2nc(-c3cccc(-c4nn(-c5ccc(C(=O)O)cc5)c5c4CCCC5)n3)c3c2CCCC3)cc1. The third-order valence-corrected chi connectivity index (χ3v) is 8.31. The zero-order chi connectivity index (χ0) is 28.8. The zero-order valence-corrected chi connectivity index (χ0v) is 23.0. The van der Waals surface area contributed by atoms with Crippen molar-refractivity contribution in [2.45, 2.75) is 51.4 Å². The fourth-order valence-electron chi connectivity index (χ4n) is 6.23. The molecule has 0 unspecified atom stereocenters. The maximum atomic E-state index is 11.4. The monoisotopic (exact) mass is 559 g/mol.